The van der Waals surface area contributed by atoms with Gasteiger partial charge >= 0.3 is 0 Å². The summed E-state index contributed by atoms with van der Waals surface area (Å²) in [4.78, 5) is 25.6. The van der Waals surface area contributed by atoms with Crippen molar-refractivity contribution in [2.45, 2.75) is 6.61 Å². The Hall–Kier alpha value is -2.72. The van der Waals surface area contributed by atoms with Crippen LogP contribution in [0.5, 0.6) is 5.75 Å². The van der Waals surface area contributed by atoms with Crippen molar-refractivity contribution in [1.29, 1.82) is 5.26 Å². The molecule has 0 bridgehead atoms. The summed E-state index contributed by atoms with van der Waals surface area (Å²) in [7, 11) is 0. The van der Waals surface area contributed by atoms with E-state index < -0.39 is 0 Å². The molecule has 0 aliphatic carbocycles. The summed E-state index contributed by atoms with van der Waals surface area (Å²) in [5.41, 5.74) is 1.78. The third-order valence-corrected chi connectivity index (χ3v) is 5.48. The van der Waals surface area contributed by atoms with Crippen molar-refractivity contribution in [2.75, 3.05) is 6.54 Å². The van der Waals surface area contributed by atoms with Crippen molar-refractivity contribution >= 4 is 52.2 Å². The topological polar surface area (TPSA) is 70.4 Å². The number of thioether (sulfide) groups is 1. The van der Waals surface area contributed by atoms with Gasteiger partial charge in [-0.15, -0.1) is 6.58 Å². The second-order valence-electron chi connectivity index (χ2n) is 5.95. The maximum absolute atomic E-state index is 12.3. The van der Waals surface area contributed by atoms with Crippen LogP contribution in [0.2, 0.25) is 10.0 Å². The van der Waals surface area contributed by atoms with E-state index in [1.165, 1.54) is 6.08 Å². The lowest BCUT2D eigenvalue weighted by Gasteiger charge is -2.12. The van der Waals surface area contributed by atoms with E-state index in [1.54, 1.807) is 36.4 Å². The van der Waals surface area contributed by atoms with Gasteiger partial charge in [-0.2, -0.15) is 5.26 Å². The molecule has 146 valence electrons. The minimum atomic E-state index is -0.388. The number of amides is 2. The molecule has 0 saturated carbocycles. The van der Waals surface area contributed by atoms with Gasteiger partial charge in [0, 0.05) is 12.1 Å². The second kappa shape index (κ2) is 9.19. The zero-order valence-electron chi connectivity index (χ0n) is 15.0. The maximum Gasteiger partial charge on any atom is 0.293 e. The predicted octanol–water partition coefficient (Wildman–Crippen LogP) is 5.67. The molecule has 29 heavy (non-hydrogen) atoms. The molecule has 2 aromatic rings. The molecular weight excluding hydrogens is 431 g/mol. The van der Waals surface area contributed by atoms with E-state index in [2.05, 4.69) is 12.6 Å². The average molecular weight is 445 g/mol. The Morgan fingerprint density at radius 3 is 2.55 bits per heavy atom. The van der Waals surface area contributed by atoms with Gasteiger partial charge in [0.1, 0.15) is 6.61 Å². The fourth-order valence-corrected chi connectivity index (χ4v) is 4.11. The molecule has 5 nitrogen and oxygen atoms in total. The standard InChI is InChI=1S/C21H14Cl2N2O3S/c1-2-7-25-20(26)18(29-21(25)27)10-13-8-16(22)19(17(23)9-13)28-12-15-6-4-3-5-14(15)11-24/h2-6,8-10H,1,7,12H2/b18-10+. The average Bonchev–Trinajstić information content (AvgIpc) is 2.95. The summed E-state index contributed by atoms with van der Waals surface area (Å²) in [5.74, 6) is -0.112. The molecule has 0 atom stereocenters. The molecule has 1 aliphatic heterocycles. The zero-order chi connectivity index (χ0) is 21.0. The number of imide groups is 1. The van der Waals surface area contributed by atoms with Gasteiger partial charge in [-0.25, -0.2) is 0 Å². The summed E-state index contributed by atoms with van der Waals surface area (Å²) in [5, 5.41) is 9.32. The SMILES string of the molecule is C=CCN1C(=O)S/C(=C/c2cc(Cl)c(OCc3ccccc3C#N)c(Cl)c2)C1=O. The van der Waals surface area contributed by atoms with E-state index in [1.807, 2.05) is 6.07 Å². The van der Waals surface area contributed by atoms with Crippen LogP contribution in [0.1, 0.15) is 16.7 Å². The van der Waals surface area contributed by atoms with E-state index in [-0.39, 0.29) is 45.0 Å². The highest BCUT2D eigenvalue weighted by Gasteiger charge is 2.34. The van der Waals surface area contributed by atoms with Gasteiger partial charge < -0.3 is 4.74 Å². The van der Waals surface area contributed by atoms with Crippen molar-refractivity contribution in [3.05, 3.63) is 80.7 Å². The lowest BCUT2D eigenvalue weighted by molar-refractivity contribution is -0.122. The molecule has 1 saturated heterocycles. The number of ether oxygens (including phenoxy) is 1. The highest BCUT2D eigenvalue weighted by atomic mass is 35.5. The zero-order valence-corrected chi connectivity index (χ0v) is 17.4. The van der Waals surface area contributed by atoms with Crippen LogP contribution in [0.15, 0.2) is 54.0 Å². The first-order valence-corrected chi connectivity index (χ1v) is 9.98. The predicted molar refractivity (Wildman–Crippen MR) is 115 cm³/mol. The Bertz CT molecular complexity index is 1050. The molecule has 0 spiro atoms. The summed E-state index contributed by atoms with van der Waals surface area (Å²) in [6.45, 7) is 3.82. The Kier molecular flexibility index (Phi) is 6.65. The van der Waals surface area contributed by atoms with Crippen molar-refractivity contribution < 1.29 is 14.3 Å². The summed E-state index contributed by atoms with van der Waals surface area (Å²) in [6, 6.07) is 12.4. The second-order valence-corrected chi connectivity index (χ2v) is 7.76. The van der Waals surface area contributed by atoms with Gasteiger partial charge in [-0.05, 0) is 41.6 Å². The van der Waals surface area contributed by atoms with Crippen LogP contribution in [0.3, 0.4) is 0 Å². The maximum atomic E-state index is 12.3. The fraction of sp³-hybridized carbons (Fsp3) is 0.0952. The van der Waals surface area contributed by atoms with Crippen molar-refractivity contribution in [1.82, 2.24) is 4.90 Å². The molecular formula is C21H14Cl2N2O3S. The number of rotatable bonds is 6. The Morgan fingerprint density at radius 2 is 1.90 bits per heavy atom. The summed E-state index contributed by atoms with van der Waals surface area (Å²) >= 11 is 13.5. The number of nitrogens with zero attached hydrogens (tertiary/aromatic N) is 2. The highest BCUT2D eigenvalue weighted by Crippen LogP contribution is 2.37. The van der Waals surface area contributed by atoms with Gasteiger partial charge in [0.15, 0.2) is 5.75 Å². The Balaban J connectivity index is 1.81. The van der Waals surface area contributed by atoms with Gasteiger partial charge in [-0.3, -0.25) is 14.5 Å². The monoisotopic (exact) mass is 444 g/mol. The summed E-state index contributed by atoms with van der Waals surface area (Å²) in [6.07, 6.45) is 3.05. The van der Waals surface area contributed by atoms with E-state index in [0.717, 1.165) is 16.7 Å². The number of hydrogen-bond donors (Lipinski definition) is 0. The minimum absolute atomic E-state index is 0.128. The summed E-state index contributed by atoms with van der Waals surface area (Å²) < 4.78 is 5.73. The molecule has 1 heterocycles. The molecule has 0 radical (unpaired) electrons. The van der Waals surface area contributed by atoms with Crippen LogP contribution in [-0.2, 0) is 11.4 Å². The van der Waals surface area contributed by atoms with Crippen LogP contribution >= 0.6 is 35.0 Å². The Morgan fingerprint density at radius 1 is 1.21 bits per heavy atom. The number of carbonyl (C=O) groups is 2. The minimum Gasteiger partial charge on any atom is -0.486 e. The first kappa shape index (κ1) is 21.0. The van der Waals surface area contributed by atoms with Crippen LogP contribution in [-0.4, -0.2) is 22.6 Å². The van der Waals surface area contributed by atoms with Crippen LogP contribution in [0.4, 0.5) is 4.79 Å². The number of halogens is 2. The first-order chi connectivity index (χ1) is 13.9. The lowest BCUT2D eigenvalue weighted by atomic mass is 10.1. The molecule has 2 amide bonds. The van der Waals surface area contributed by atoms with E-state index >= 15 is 0 Å². The molecule has 2 aromatic carbocycles. The van der Waals surface area contributed by atoms with E-state index in [0.29, 0.717) is 16.7 Å². The van der Waals surface area contributed by atoms with Gasteiger partial charge in [-0.1, -0.05) is 47.5 Å². The van der Waals surface area contributed by atoms with Crippen LogP contribution < -0.4 is 4.74 Å². The Labute approximate surface area is 182 Å². The quantitative estimate of drug-likeness (QED) is 0.424. The normalized spacial score (nSPS) is 14.9. The molecule has 0 unspecified atom stereocenters. The van der Waals surface area contributed by atoms with Crippen molar-refractivity contribution in [2.24, 2.45) is 0 Å². The molecule has 1 aliphatic rings. The van der Waals surface area contributed by atoms with Gasteiger partial charge in [0.05, 0.1) is 26.6 Å². The number of nitriles is 1. The fourth-order valence-electron chi connectivity index (χ4n) is 2.64. The molecule has 0 aromatic heterocycles. The first-order valence-electron chi connectivity index (χ1n) is 8.40. The number of benzene rings is 2. The van der Waals surface area contributed by atoms with E-state index in [9.17, 15) is 9.59 Å². The third-order valence-electron chi connectivity index (χ3n) is 4.01. The number of carbonyl (C=O) groups excluding carboxylic acids is 2. The van der Waals surface area contributed by atoms with Crippen molar-refractivity contribution in [3.63, 3.8) is 0 Å². The van der Waals surface area contributed by atoms with E-state index in [4.69, 9.17) is 33.2 Å². The molecule has 1 fully saturated rings. The smallest absolute Gasteiger partial charge is 0.293 e. The number of hydrogen-bond acceptors (Lipinski definition) is 5. The molecule has 8 heteroatoms. The molecule has 0 N–H and O–H groups in total. The van der Waals surface area contributed by atoms with Crippen LogP contribution in [0, 0.1) is 11.3 Å². The van der Waals surface area contributed by atoms with Crippen LogP contribution in [0.25, 0.3) is 6.08 Å². The third kappa shape index (κ3) is 4.65. The largest absolute Gasteiger partial charge is 0.486 e. The van der Waals surface area contributed by atoms with Gasteiger partial charge in [0.25, 0.3) is 11.1 Å². The highest BCUT2D eigenvalue weighted by molar-refractivity contribution is 8.18. The van der Waals surface area contributed by atoms with Crippen molar-refractivity contribution in [3.8, 4) is 11.8 Å². The molecule has 3 rings (SSSR count). The van der Waals surface area contributed by atoms with Gasteiger partial charge in [0.2, 0.25) is 0 Å². The lowest BCUT2D eigenvalue weighted by Crippen LogP contribution is -2.27.